The van der Waals surface area contributed by atoms with E-state index in [0.717, 1.165) is 36.4 Å². The van der Waals surface area contributed by atoms with Crippen LogP contribution in [0.15, 0.2) is 18.2 Å². The van der Waals surface area contributed by atoms with Gasteiger partial charge in [-0.3, -0.25) is 14.5 Å². The molecule has 1 unspecified atom stereocenters. The summed E-state index contributed by atoms with van der Waals surface area (Å²) in [5.41, 5.74) is 1.01. The third-order valence-corrected chi connectivity index (χ3v) is 4.85. The number of nitrogens with one attached hydrogen (secondary N) is 1. The molecule has 136 valence electrons. The molecule has 0 radical (unpaired) electrons. The highest BCUT2D eigenvalue weighted by molar-refractivity contribution is 5.82. The number of rotatable bonds is 5. The van der Waals surface area contributed by atoms with Crippen LogP contribution in [0.5, 0.6) is 11.5 Å². The van der Waals surface area contributed by atoms with Crippen LogP contribution in [0.1, 0.15) is 24.4 Å². The largest absolute Gasteiger partial charge is 0.497 e. The minimum Gasteiger partial charge on any atom is -0.497 e. The minimum atomic E-state index is -0.0196. The summed E-state index contributed by atoms with van der Waals surface area (Å²) in [4.78, 5) is 28.1. The number of benzene rings is 1. The van der Waals surface area contributed by atoms with Gasteiger partial charge in [0.15, 0.2) is 0 Å². The van der Waals surface area contributed by atoms with Gasteiger partial charge in [0.25, 0.3) is 0 Å². The van der Waals surface area contributed by atoms with Crippen molar-refractivity contribution < 1.29 is 19.1 Å². The van der Waals surface area contributed by atoms with Crippen LogP contribution in [0.2, 0.25) is 0 Å². The van der Waals surface area contributed by atoms with Gasteiger partial charge in [0.1, 0.15) is 11.5 Å². The summed E-state index contributed by atoms with van der Waals surface area (Å²) >= 11 is 0. The highest BCUT2D eigenvalue weighted by atomic mass is 16.5. The zero-order valence-electron chi connectivity index (χ0n) is 14.8. The van der Waals surface area contributed by atoms with Gasteiger partial charge in [-0.05, 0) is 25.0 Å². The first-order chi connectivity index (χ1) is 12.1. The molecular weight excluding hydrogens is 322 g/mol. The molecule has 7 nitrogen and oxygen atoms in total. The summed E-state index contributed by atoms with van der Waals surface area (Å²) in [7, 11) is 3.25. The lowest BCUT2D eigenvalue weighted by Gasteiger charge is -2.31. The van der Waals surface area contributed by atoms with E-state index in [0.29, 0.717) is 13.1 Å². The van der Waals surface area contributed by atoms with Crippen molar-refractivity contribution in [2.75, 3.05) is 46.9 Å². The maximum absolute atomic E-state index is 12.8. The van der Waals surface area contributed by atoms with Gasteiger partial charge in [-0.2, -0.15) is 0 Å². The summed E-state index contributed by atoms with van der Waals surface area (Å²) < 4.78 is 10.8. The molecule has 0 aliphatic carbocycles. The molecule has 2 aliphatic rings. The fourth-order valence-electron chi connectivity index (χ4n) is 3.59. The fourth-order valence-corrected chi connectivity index (χ4v) is 3.59. The molecule has 3 rings (SSSR count). The number of piperazine rings is 1. The standard InChI is InChI=1S/C18H25N3O4/c1-24-13-5-6-14(16(10-13)25-2)15-4-3-8-21(15)18(23)12-20-9-7-19-17(22)11-20/h5-6,10,15H,3-4,7-9,11-12H2,1-2H3,(H,19,22). The molecule has 1 atom stereocenters. The first-order valence-corrected chi connectivity index (χ1v) is 8.63. The molecule has 2 fully saturated rings. The van der Waals surface area contributed by atoms with Crippen molar-refractivity contribution in [3.05, 3.63) is 23.8 Å². The average Bonchev–Trinajstić information content (AvgIpc) is 3.10. The Balaban J connectivity index is 1.73. The average molecular weight is 347 g/mol. The molecular formula is C18H25N3O4. The van der Waals surface area contributed by atoms with Crippen LogP contribution in [0.4, 0.5) is 0 Å². The van der Waals surface area contributed by atoms with E-state index in [9.17, 15) is 9.59 Å². The van der Waals surface area contributed by atoms with Crippen LogP contribution < -0.4 is 14.8 Å². The molecule has 0 aromatic heterocycles. The molecule has 25 heavy (non-hydrogen) atoms. The molecule has 2 saturated heterocycles. The van der Waals surface area contributed by atoms with Gasteiger partial charge in [0.2, 0.25) is 11.8 Å². The third-order valence-electron chi connectivity index (χ3n) is 4.85. The van der Waals surface area contributed by atoms with E-state index in [1.165, 1.54) is 0 Å². The zero-order chi connectivity index (χ0) is 17.8. The van der Waals surface area contributed by atoms with E-state index in [1.807, 2.05) is 28.0 Å². The highest BCUT2D eigenvalue weighted by Gasteiger charge is 2.33. The van der Waals surface area contributed by atoms with Gasteiger partial charge >= 0.3 is 0 Å². The van der Waals surface area contributed by atoms with Crippen LogP contribution in [0.3, 0.4) is 0 Å². The van der Waals surface area contributed by atoms with E-state index in [1.54, 1.807) is 14.2 Å². The SMILES string of the molecule is COc1ccc(C2CCCN2C(=O)CN2CCNC(=O)C2)c(OC)c1. The van der Waals surface area contributed by atoms with Crippen LogP contribution in [0, 0.1) is 0 Å². The summed E-state index contributed by atoms with van der Waals surface area (Å²) in [6, 6.07) is 5.73. The summed E-state index contributed by atoms with van der Waals surface area (Å²) in [5, 5.41) is 2.78. The van der Waals surface area contributed by atoms with Gasteiger partial charge in [-0.25, -0.2) is 0 Å². The van der Waals surface area contributed by atoms with Crippen LogP contribution in [-0.4, -0.2) is 68.6 Å². The Kier molecular flexibility index (Phi) is 5.43. The first kappa shape index (κ1) is 17.5. The van der Waals surface area contributed by atoms with Crippen LogP contribution >= 0.6 is 0 Å². The molecule has 0 spiro atoms. The maximum Gasteiger partial charge on any atom is 0.237 e. The topological polar surface area (TPSA) is 71.1 Å². The molecule has 1 aromatic rings. The van der Waals surface area contributed by atoms with Crippen molar-refractivity contribution in [3.8, 4) is 11.5 Å². The Hall–Kier alpha value is -2.28. The molecule has 0 bridgehead atoms. The Bertz CT molecular complexity index is 649. The Morgan fingerprint density at radius 1 is 1.28 bits per heavy atom. The van der Waals surface area contributed by atoms with Crippen molar-refractivity contribution in [3.63, 3.8) is 0 Å². The fraction of sp³-hybridized carbons (Fsp3) is 0.556. The normalized spacial score (nSPS) is 21.1. The van der Waals surface area contributed by atoms with E-state index >= 15 is 0 Å². The zero-order valence-corrected chi connectivity index (χ0v) is 14.8. The third kappa shape index (κ3) is 3.87. The number of carbonyl (C=O) groups is 2. The van der Waals surface area contributed by atoms with Gasteiger partial charge < -0.3 is 19.7 Å². The Labute approximate surface area is 147 Å². The maximum atomic E-state index is 12.8. The quantitative estimate of drug-likeness (QED) is 0.853. The summed E-state index contributed by atoms with van der Waals surface area (Å²) in [6.07, 6.45) is 1.88. The number of amides is 2. The van der Waals surface area contributed by atoms with E-state index in [2.05, 4.69) is 5.32 Å². The van der Waals surface area contributed by atoms with Crippen LogP contribution in [-0.2, 0) is 9.59 Å². The van der Waals surface area contributed by atoms with Crippen LogP contribution in [0.25, 0.3) is 0 Å². The number of likely N-dealkylation sites (tertiary alicyclic amines) is 1. The van der Waals surface area contributed by atoms with Crippen molar-refractivity contribution in [1.82, 2.24) is 15.1 Å². The number of methoxy groups -OCH3 is 2. The van der Waals surface area contributed by atoms with Gasteiger partial charge in [0.05, 0.1) is 33.4 Å². The predicted octanol–water partition coefficient (Wildman–Crippen LogP) is 0.799. The highest BCUT2D eigenvalue weighted by Crippen LogP contribution is 2.38. The summed E-state index contributed by atoms with van der Waals surface area (Å²) in [6.45, 7) is 2.61. The lowest BCUT2D eigenvalue weighted by Crippen LogP contribution is -2.51. The molecule has 2 heterocycles. The van der Waals surface area contributed by atoms with E-state index in [-0.39, 0.29) is 30.9 Å². The number of carbonyl (C=O) groups excluding carboxylic acids is 2. The van der Waals surface area contributed by atoms with Crippen molar-refractivity contribution in [2.24, 2.45) is 0 Å². The smallest absolute Gasteiger partial charge is 0.237 e. The Morgan fingerprint density at radius 3 is 2.84 bits per heavy atom. The second-order valence-corrected chi connectivity index (χ2v) is 6.41. The number of ether oxygens (including phenoxy) is 2. The van der Waals surface area contributed by atoms with Gasteiger partial charge in [-0.15, -0.1) is 0 Å². The second-order valence-electron chi connectivity index (χ2n) is 6.41. The van der Waals surface area contributed by atoms with E-state index < -0.39 is 0 Å². The monoisotopic (exact) mass is 347 g/mol. The number of hydrogen-bond acceptors (Lipinski definition) is 5. The van der Waals surface area contributed by atoms with E-state index in [4.69, 9.17) is 9.47 Å². The second kappa shape index (κ2) is 7.74. The molecule has 0 saturated carbocycles. The van der Waals surface area contributed by atoms with Gasteiger partial charge in [0, 0.05) is 31.3 Å². The molecule has 1 N–H and O–H groups in total. The predicted molar refractivity (Wildman–Crippen MR) is 92.7 cm³/mol. The van der Waals surface area contributed by atoms with Gasteiger partial charge in [-0.1, -0.05) is 0 Å². The molecule has 1 aromatic carbocycles. The molecule has 2 amide bonds. The van der Waals surface area contributed by atoms with Crippen molar-refractivity contribution in [1.29, 1.82) is 0 Å². The lowest BCUT2D eigenvalue weighted by molar-refractivity contribution is -0.134. The minimum absolute atomic E-state index is 0.00646. The van der Waals surface area contributed by atoms with Crippen molar-refractivity contribution in [2.45, 2.75) is 18.9 Å². The molecule has 2 aliphatic heterocycles. The number of nitrogens with zero attached hydrogens (tertiary/aromatic N) is 2. The lowest BCUT2D eigenvalue weighted by atomic mass is 10.0. The Morgan fingerprint density at radius 2 is 2.12 bits per heavy atom. The molecule has 7 heteroatoms. The number of hydrogen-bond donors (Lipinski definition) is 1. The summed E-state index contributed by atoms with van der Waals surface area (Å²) in [5.74, 6) is 1.51. The van der Waals surface area contributed by atoms with Crippen molar-refractivity contribution >= 4 is 11.8 Å². The first-order valence-electron chi connectivity index (χ1n) is 8.63.